The zero-order valence-electron chi connectivity index (χ0n) is 40.0. The highest BCUT2D eigenvalue weighted by Crippen LogP contribution is 2.15. The molecular weight excluding hydrogens is 745 g/mol. The maximum Gasteiger partial charge on any atom is 0.306 e. The van der Waals surface area contributed by atoms with E-state index in [1.54, 1.807) is 0 Å². The van der Waals surface area contributed by atoms with Crippen molar-refractivity contribution in [2.24, 2.45) is 0 Å². The van der Waals surface area contributed by atoms with Gasteiger partial charge in [0, 0.05) is 19.3 Å². The first-order valence-corrected chi connectivity index (χ1v) is 26.0. The lowest BCUT2D eigenvalue weighted by Gasteiger charge is -2.18. The summed E-state index contributed by atoms with van der Waals surface area (Å²) in [5.74, 6) is -0.883. The topological polar surface area (TPSA) is 78.9 Å². The minimum absolute atomic E-state index is 0.0740. The quantitative estimate of drug-likeness (QED) is 0.0263. The van der Waals surface area contributed by atoms with E-state index in [9.17, 15) is 14.4 Å². The van der Waals surface area contributed by atoms with Crippen LogP contribution in [-0.2, 0) is 28.6 Å². The molecule has 0 aliphatic heterocycles. The van der Waals surface area contributed by atoms with E-state index in [1.165, 1.54) is 154 Å². The van der Waals surface area contributed by atoms with Crippen molar-refractivity contribution >= 4 is 17.9 Å². The molecule has 0 rings (SSSR count). The molecular formula is C54H98O6. The number of carbonyl (C=O) groups excluding carboxylic acids is 3. The van der Waals surface area contributed by atoms with Crippen molar-refractivity contribution < 1.29 is 28.6 Å². The van der Waals surface area contributed by atoms with Crippen LogP contribution in [-0.4, -0.2) is 37.2 Å². The van der Waals surface area contributed by atoms with Crippen molar-refractivity contribution in [1.29, 1.82) is 0 Å². The fourth-order valence-corrected chi connectivity index (χ4v) is 7.39. The van der Waals surface area contributed by atoms with Crippen LogP contribution in [0.15, 0.2) is 36.5 Å². The van der Waals surface area contributed by atoms with E-state index in [2.05, 4.69) is 57.2 Å². The molecule has 1 unspecified atom stereocenters. The Hall–Kier alpha value is -2.37. The Morgan fingerprint density at radius 2 is 0.617 bits per heavy atom. The summed E-state index contributed by atoms with van der Waals surface area (Å²) in [6.45, 7) is 6.56. The first-order chi connectivity index (χ1) is 29.5. The van der Waals surface area contributed by atoms with E-state index in [4.69, 9.17) is 14.2 Å². The van der Waals surface area contributed by atoms with E-state index in [0.717, 1.165) is 77.0 Å². The van der Waals surface area contributed by atoms with Gasteiger partial charge in [0.2, 0.25) is 0 Å². The number of hydrogen-bond donors (Lipinski definition) is 0. The van der Waals surface area contributed by atoms with Crippen molar-refractivity contribution in [3.8, 4) is 0 Å². The Balaban J connectivity index is 4.16. The van der Waals surface area contributed by atoms with E-state index >= 15 is 0 Å². The highest BCUT2D eigenvalue weighted by molar-refractivity contribution is 5.71. The number of esters is 3. The summed E-state index contributed by atoms with van der Waals surface area (Å²) >= 11 is 0. The van der Waals surface area contributed by atoms with Crippen LogP contribution < -0.4 is 0 Å². The predicted octanol–water partition coefficient (Wildman–Crippen LogP) is 16.9. The summed E-state index contributed by atoms with van der Waals surface area (Å²) < 4.78 is 16.7. The summed E-state index contributed by atoms with van der Waals surface area (Å²) in [4.78, 5) is 37.8. The fraction of sp³-hybridized carbons (Fsp3) is 0.833. The summed E-state index contributed by atoms with van der Waals surface area (Å²) in [6, 6.07) is 0. The number of ether oxygens (including phenoxy) is 3. The molecule has 0 heterocycles. The van der Waals surface area contributed by atoms with Gasteiger partial charge in [-0.2, -0.15) is 0 Å². The van der Waals surface area contributed by atoms with Gasteiger partial charge in [-0.05, 0) is 70.6 Å². The molecule has 350 valence electrons. The average Bonchev–Trinajstić information content (AvgIpc) is 3.24. The lowest BCUT2D eigenvalue weighted by Crippen LogP contribution is -2.30. The van der Waals surface area contributed by atoms with Crippen molar-refractivity contribution in [2.45, 2.75) is 277 Å². The van der Waals surface area contributed by atoms with Gasteiger partial charge in [-0.3, -0.25) is 14.4 Å². The Morgan fingerprint density at radius 3 is 0.983 bits per heavy atom. The van der Waals surface area contributed by atoms with Gasteiger partial charge in [0.15, 0.2) is 6.10 Å². The lowest BCUT2D eigenvalue weighted by molar-refractivity contribution is -0.167. The Kier molecular flexibility index (Phi) is 47.3. The van der Waals surface area contributed by atoms with Crippen molar-refractivity contribution in [3.63, 3.8) is 0 Å². The van der Waals surface area contributed by atoms with Gasteiger partial charge in [-0.1, -0.05) is 218 Å². The van der Waals surface area contributed by atoms with Crippen LogP contribution in [0.3, 0.4) is 0 Å². The van der Waals surface area contributed by atoms with E-state index < -0.39 is 6.10 Å². The van der Waals surface area contributed by atoms with Gasteiger partial charge in [-0.15, -0.1) is 0 Å². The predicted molar refractivity (Wildman–Crippen MR) is 256 cm³/mol. The Labute approximate surface area is 372 Å². The molecule has 60 heavy (non-hydrogen) atoms. The average molecular weight is 843 g/mol. The molecule has 0 spiro atoms. The smallest absolute Gasteiger partial charge is 0.306 e. The van der Waals surface area contributed by atoms with Crippen molar-refractivity contribution in [2.75, 3.05) is 13.2 Å². The van der Waals surface area contributed by atoms with Crippen LogP contribution in [0, 0.1) is 0 Å². The zero-order valence-corrected chi connectivity index (χ0v) is 40.0. The minimum Gasteiger partial charge on any atom is -0.462 e. The molecule has 6 heteroatoms. The molecule has 0 bridgehead atoms. The summed E-state index contributed by atoms with van der Waals surface area (Å²) in [5, 5.41) is 0. The summed E-state index contributed by atoms with van der Waals surface area (Å²) in [7, 11) is 0. The fourth-order valence-electron chi connectivity index (χ4n) is 7.39. The Bertz CT molecular complexity index is 1020. The third kappa shape index (κ3) is 46.7. The molecule has 6 nitrogen and oxygen atoms in total. The SMILES string of the molecule is CCCC/C=C\CCCCCCCC(=O)OC(COC(=O)CCCCCCCCCC)COC(=O)CCCCCCCCCCCCC/C=C\C/C=C\CCCCCCC. The van der Waals surface area contributed by atoms with Crippen LogP contribution in [0.5, 0.6) is 0 Å². The molecule has 0 aliphatic rings. The number of allylic oxidation sites excluding steroid dienone is 6. The van der Waals surface area contributed by atoms with Gasteiger partial charge in [0.1, 0.15) is 13.2 Å². The highest BCUT2D eigenvalue weighted by Gasteiger charge is 2.19. The molecule has 1 atom stereocenters. The molecule has 0 saturated heterocycles. The number of unbranched alkanes of at least 4 members (excludes halogenated alkanes) is 30. The molecule has 0 aromatic rings. The Morgan fingerprint density at radius 1 is 0.333 bits per heavy atom. The van der Waals surface area contributed by atoms with E-state index in [0.29, 0.717) is 19.3 Å². The van der Waals surface area contributed by atoms with Crippen LogP contribution in [0.1, 0.15) is 271 Å². The van der Waals surface area contributed by atoms with Gasteiger partial charge in [-0.25, -0.2) is 0 Å². The van der Waals surface area contributed by atoms with Gasteiger partial charge >= 0.3 is 17.9 Å². The molecule has 0 amide bonds. The summed E-state index contributed by atoms with van der Waals surface area (Å²) in [5.41, 5.74) is 0. The third-order valence-electron chi connectivity index (χ3n) is 11.4. The second-order valence-corrected chi connectivity index (χ2v) is 17.4. The van der Waals surface area contributed by atoms with Crippen LogP contribution >= 0.6 is 0 Å². The number of rotatable bonds is 47. The minimum atomic E-state index is -0.771. The molecule has 0 aromatic heterocycles. The van der Waals surface area contributed by atoms with E-state index in [1.807, 2.05) is 0 Å². The number of hydrogen-bond acceptors (Lipinski definition) is 6. The molecule has 0 fully saturated rings. The van der Waals surface area contributed by atoms with Crippen molar-refractivity contribution in [3.05, 3.63) is 36.5 Å². The molecule has 0 aromatic carbocycles. The molecule has 0 N–H and O–H groups in total. The lowest BCUT2D eigenvalue weighted by atomic mass is 10.0. The largest absolute Gasteiger partial charge is 0.462 e. The van der Waals surface area contributed by atoms with E-state index in [-0.39, 0.29) is 31.1 Å². The molecule has 0 saturated carbocycles. The maximum atomic E-state index is 12.7. The normalized spacial score (nSPS) is 12.2. The van der Waals surface area contributed by atoms with Gasteiger partial charge in [0.25, 0.3) is 0 Å². The van der Waals surface area contributed by atoms with Crippen molar-refractivity contribution in [1.82, 2.24) is 0 Å². The molecule has 0 aliphatic carbocycles. The van der Waals surface area contributed by atoms with Crippen LogP contribution in [0.25, 0.3) is 0 Å². The standard InChI is InChI=1S/C54H98O6/c1-4-7-10-13-16-19-21-22-23-24-25-26-27-28-29-30-31-32-34-35-38-41-44-47-53(56)59-50-51(49-58-52(55)46-43-40-37-18-15-12-9-6-3)60-54(57)48-45-42-39-36-33-20-17-14-11-8-5-2/h14,17,21-22,24-25,51H,4-13,15-16,18-20,23,26-50H2,1-3H3/b17-14-,22-21-,25-24-. The van der Waals surface area contributed by atoms with Gasteiger partial charge < -0.3 is 14.2 Å². The van der Waals surface area contributed by atoms with Gasteiger partial charge in [0.05, 0.1) is 0 Å². The monoisotopic (exact) mass is 843 g/mol. The maximum absolute atomic E-state index is 12.7. The first-order valence-electron chi connectivity index (χ1n) is 26.0. The second kappa shape index (κ2) is 49.3. The second-order valence-electron chi connectivity index (χ2n) is 17.4. The highest BCUT2D eigenvalue weighted by atomic mass is 16.6. The molecule has 0 radical (unpaired) electrons. The van der Waals surface area contributed by atoms with Crippen LogP contribution in [0.2, 0.25) is 0 Å². The first kappa shape index (κ1) is 57.6. The third-order valence-corrected chi connectivity index (χ3v) is 11.4. The number of carbonyl (C=O) groups is 3. The zero-order chi connectivity index (χ0) is 43.7. The summed E-state index contributed by atoms with van der Waals surface area (Å²) in [6.07, 6.45) is 57.2. The van der Waals surface area contributed by atoms with Crippen LogP contribution in [0.4, 0.5) is 0 Å².